The molecule has 1 N–H and O–H groups in total. The molecular weight excluding hydrogens is 364 g/mol. The number of fused-ring (bicyclic) bond motifs is 1. The number of anilines is 1. The molecule has 0 aliphatic heterocycles. The first-order chi connectivity index (χ1) is 12.7. The van der Waals surface area contributed by atoms with Crippen LogP contribution in [0.4, 0.5) is 5.69 Å². The van der Waals surface area contributed by atoms with Crippen LogP contribution in [0, 0.1) is 5.92 Å². The van der Waals surface area contributed by atoms with Crippen LogP contribution in [0.2, 0.25) is 5.02 Å². The topological polar surface area (TPSA) is 42.0 Å². The second-order valence-electron chi connectivity index (χ2n) is 6.92. The van der Waals surface area contributed by atoms with Crippen LogP contribution in [0.15, 0.2) is 42.5 Å². The first-order valence-electron chi connectivity index (χ1n) is 9.14. The minimum Gasteiger partial charge on any atom is -0.325 e. The summed E-state index contributed by atoms with van der Waals surface area (Å²) in [5.74, 6) is 0.768. The van der Waals surface area contributed by atoms with Gasteiger partial charge in [0.1, 0.15) is 5.01 Å². The Hall–Kier alpha value is -1.91. The van der Waals surface area contributed by atoms with Crippen LogP contribution in [0.3, 0.4) is 0 Å². The molecule has 0 spiro atoms. The molecule has 26 heavy (non-hydrogen) atoms. The van der Waals surface area contributed by atoms with E-state index >= 15 is 0 Å². The molecule has 1 aliphatic carbocycles. The average Bonchev–Trinajstić information content (AvgIpc) is 3.31. The summed E-state index contributed by atoms with van der Waals surface area (Å²) >= 11 is 8.06. The van der Waals surface area contributed by atoms with E-state index in [0.29, 0.717) is 17.1 Å². The number of hydrogen-bond donors (Lipinski definition) is 1. The number of thiazole rings is 1. The van der Waals surface area contributed by atoms with Crippen LogP contribution in [-0.4, -0.2) is 10.9 Å². The molecule has 3 nitrogen and oxygen atoms in total. The predicted octanol–water partition coefficient (Wildman–Crippen LogP) is 6.53. The lowest BCUT2D eigenvalue weighted by molar-refractivity contribution is -0.116. The van der Waals surface area contributed by atoms with E-state index in [0.717, 1.165) is 33.1 Å². The monoisotopic (exact) mass is 384 g/mol. The smallest absolute Gasteiger partial charge is 0.224 e. The first-order valence-corrected chi connectivity index (χ1v) is 10.3. The molecule has 0 saturated heterocycles. The molecule has 134 valence electrons. The Morgan fingerprint density at radius 1 is 1.19 bits per heavy atom. The van der Waals surface area contributed by atoms with Crippen LogP contribution >= 0.6 is 22.9 Å². The quantitative estimate of drug-likeness (QED) is 0.543. The first kappa shape index (κ1) is 17.5. The molecule has 3 aromatic rings. The molecule has 0 atom stereocenters. The van der Waals surface area contributed by atoms with Gasteiger partial charge >= 0.3 is 0 Å². The number of nitrogens with zero attached hydrogens (tertiary/aromatic N) is 1. The van der Waals surface area contributed by atoms with E-state index < -0.39 is 0 Å². The van der Waals surface area contributed by atoms with Crippen LogP contribution < -0.4 is 5.32 Å². The van der Waals surface area contributed by atoms with E-state index in [2.05, 4.69) is 16.4 Å². The zero-order valence-corrected chi connectivity index (χ0v) is 16.1. The lowest BCUT2D eigenvalue weighted by atomic mass is 10.0. The van der Waals surface area contributed by atoms with Gasteiger partial charge in [0.05, 0.1) is 20.9 Å². The van der Waals surface area contributed by atoms with Gasteiger partial charge in [-0.05, 0) is 42.7 Å². The fourth-order valence-corrected chi connectivity index (χ4v) is 4.78. The SMILES string of the molecule is O=C(CCC1CCCC1)Nc1ccc(-c2nc3ccccc3s2)cc1Cl. The Labute approximate surface area is 162 Å². The van der Waals surface area contributed by atoms with Gasteiger partial charge in [-0.25, -0.2) is 4.98 Å². The molecule has 1 heterocycles. The summed E-state index contributed by atoms with van der Waals surface area (Å²) in [6.07, 6.45) is 6.71. The molecule has 5 heteroatoms. The molecule has 0 radical (unpaired) electrons. The Kier molecular flexibility index (Phi) is 5.23. The van der Waals surface area contributed by atoms with Gasteiger partial charge in [-0.2, -0.15) is 0 Å². The second-order valence-corrected chi connectivity index (χ2v) is 8.36. The Balaban J connectivity index is 1.44. The number of rotatable bonds is 5. The highest BCUT2D eigenvalue weighted by Gasteiger charge is 2.17. The molecular formula is C21H21ClN2OS. The van der Waals surface area contributed by atoms with Crippen molar-refractivity contribution < 1.29 is 4.79 Å². The van der Waals surface area contributed by atoms with Crippen molar-refractivity contribution in [1.82, 2.24) is 4.98 Å². The molecule has 1 amide bonds. The maximum atomic E-state index is 12.2. The van der Waals surface area contributed by atoms with Crippen molar-refractivity contribution in [3.05, 3.63) is 47.5 Å². The van der Waals surface area contributed by atoms with Gasteiger partial charge in [0.25, 0.3) is 0 Å². The van der Waals surface area contributed by atoms with Gasteiger partial charge in [0, 0.05) is 12.0 Å². The summed E-state index contributed by atoms with van der Waals surface area (Å²) in [7, 11) is 0. The number of carbonyl (C=O) groups is 1. The highest BCUT2D eigenvalue weighted by Crippen LogP contribution is 2.34. The zero-order chi connectivity index (χ0) is 17.9. The molecule has 1 aromatic heterocycles. The maximum Gasteiger partial charge on any atom is 0.224 e. The number of aromatic nitrogens is 1. The Morgan fingerprint density at radius 3 is 2.77 bits per heavy atom. The van der Waals surface area contributed by atoms with E-state index in [1.807, 2.05) is 36.4 Å². The summed E-state index contributed by atoms with van der Waals surface area (Å²) < 4.78 is 1.16. The highest BCUT2D eigenvalue weighted by atomic mass is 35.5. The molecule has 0 bridgehead atoms. The largest absolute Gasteiger partial charge is 0.325 e. The molecule has 1 aliphatic rings. The summed E-state index contributed by atoms with van der Waals surface area (Å²) in [6.45, 7) is 0. The molecule has 2 aromatic carbocycles. The Morgan fingerprint density at radius 2 is 2.00 bits per heavy atom. The molecule has 1 fully saturated rings. The minimum atomic E-state index is 0.0477. The van der Waals surface area contributed by atoms with Crippen molar-refractivity contribution in [2.24, 2.45) is 5.92 Å². The molecule has 1 saturated carbocycles. The predicted molar refractivity (Wildman–Crippen MR) is 110 cm³/mol. The lowest BCUT2D eigenvalue weighted by Gasteiger charge is -2.10. The fraction of sp³-hybridized carbons (Fsp3) is 0.333. The summed E-state index contributed by atoms with van der Waals surface area (Å²) in [5.41, 5.74) is 2.64. The van der Waals surface area contributed by atoms with Crippen LogP contribution in [0.25, 0.3) is 20.8 Å². The summed E-state index contributed by atoms with van der Waals surface area (Å²) in [5, 5.41) is 4.44. The van der Waals surface area contributed by atoms with E-state index in [1.165, 1.54) is 25.7 Å². The third-order valence-corrected chi connectivity index (χ3v) is 6.44. The number of hydrogen-bond acceptors (Lipinski definition) is 3. The molecule has 4 rings (SSSR count). The van der Waals surface area contributed by atoms with E-state index in [1.54, 1.807) is 11.3 Å². The van der Waals surface area contributed by atoms with E-state index in [-0.39, 0.29) is 5.91 Å². The van der Waals surface area contributed by atoms with Crippen molar-refractivity contribution in [3.63, 3.8) is 0 Å². The number of amides is 1. The van der Waals surface area contributed by atoms with Crippen molar-refractivity contribution in [2.75, 3.05) is 5.32 Å². The fourth-order valence-electron chi connectivity index (χ4n) is 3.59. The van der Waals surface area contributed by atoms with Crippen molar-refractivity contribution in [2.45, 2.75) is 38.5 Å². The third-order valence-electron chi connectivity index (χ3n) is 5.04. The third kappa shape index (κ3) is 3.92. The van der Waals surface area contributed by atoms with E-state index in [9.17, 15) is 4.79 Å². The molecule has 0 unspecified atom stereocenters. The average molecular weight is 385 g/mol. The number of benzene rings is 2. The Bertz CT molecular complexity index is 898. The van der Waals surface area contributed by atoms with Gasteiger partial charge in [0.2, 0.25) is 5.91 Å². The zero-order valence-electron chi connectivity index (χ0n) is 14.5. The van der Waals surface area contributed by atoms with Crippen molar-refractivity contribution in [3.8, 4) is 10.6 Å². The van der Waals surface area contributed by atoms with Gasteiger partial charge in [-0.1, -0.05) is 49.4 Å². The van der Waals surface area contributed by atoms with Crippen LogP contribution in [0.1, 0.15) is 38.5 Å². The number of para-hydroxylation sites is 1. The summed E-state index contributed by atoms with van der Waals surface area (Å²) in [4.78, 5) is 16.9. The van der Waals surface area contributed by atoms with Crippen molar-refractivity contribution >= 4 is 44.7 Å². The number of carbonyl (C=O) groups excluding carboxylic acids is 1. The van der Waals surface area contributed by atoms with Crippen LogP contribution in [-0.2, 0) is 4.79 Å². The standard InChI is InChI=1S/C21H21ClN2OS/c22-16-13-15(21-24-18-7-3-4-8-19(18)26-21)10-11-17(16)23-20(25)12-9-14-5-1-2-6-14/h3-4,7-8,10-11,13-14H,1-2,5-6,9,12H2,(H,23,25). The van der Waals surface area contributed by atoms with Gasteiger partial charge < -0.3 is 5.32 Å². The number of nitrogens with one attached hydrogen (secondary N) is 1. The van der Waals surface area contributed by atoms with Crippen molar-refractivity contribution in [1.29, 1.82) is 0 Å². The normalized spacial score (nSPS) is 14.8. The van der Waals surface area contributed by atoms with Crippen LogP contribution in [0.5, 0.6) is 0 Å². The maximum absolute atomic E-state index is 12.2. The number of halogens is 1. The summed E-state index contributed by atoms with van der Waals surface area (Å²) in [6, 6.07) is 13.8. The van der Waals surface area contributed by atoms with Gasteiger partial charge in [-0.3, -0.25) is 4.79 Å². The van der Waals surface area contributed by atoms with E-state index in [4.69, 9.17) is 11.6 Å². The minimum absolute atomic E-state index is 0.0477. The highest BCUT2D eigenvalue weighted by molar-refractivity contribution is 7.21. The lowest BCUT2D eigenvalue weighted by Crippen LogP contribution is -2.13. The van der Waals surface area contributed by atoms with Gasteiger partial charge in [0.15, 0.2) is 0 Å². The van der Waals surface area contributed by atoms with Gasteiger partial charge in [-0.15, -0.1) is 11.3 Å². The second kappa shape index (κ2) is 7.77.